The first kappa shape index (κ1) is 12.6. The summed E-state index contributed by atoms with van der Waals surface area (Å²) in [5.74, 6) is 0.0790. The van der Waals surface area contributed by atoms with Gasteiger partial charge in [0.25, 0.3) is 0 Å². The van der Waals surface area contributed by atoms with Crippen molar-refractivity contribution in [2.24, 2.45) is 0 Å². The predicted octanol–water partition coefficient (Wildman–Crippen LogP) is 4.77. The molecule has 2 heteroatoms. The van der Waals surface area contributed by atoms with Crippen molar-refractivity contribution in [2.45, 2.75) is 6.92 Å². The van der Waals surface area contributed by atoms with Crippen molar-refractivity contribution in [1.29, 1.82) is 0 Å². The Balaban J connectivity index is 2.31. The van der Waals surface area contributed by atoms with E-state index in [2.05, 4.69) is 6.58 Å². The normalized spacial score (nSPS) is 10.1. The molecule has 0 aliphatic carbocycles. The number of rotatable bonds is 3. The lowest BCUT2D eigenvalue weighted by Crippen LogP contribution is -1.90. The standard InChI is InChI=1S/C16H13ClO/c1-11(17)13-3-7-15(8-4-13)16-9-5-14(6-10-16)12(2)18/h3-10H,1H2,2H3. The Morgan fingerprint density at radius 3 is 1.61 bits per heavy atom. The Kier molecular flexibility index (Phi) is 3.63. The summed E-state index contributed by atoms with van der Waals surface area (Å²) >= 11 is 5.83. The molecule has 0 saturated carbocycles. The van der Waals surface area contributed by atoms with E-state index < -0.39 is 0 Å². The average Bonchev–Trinajstić information content (AvgIpc) is 2.39. The molecule has 18 heavy (non-hydrogen) atoms. The van der Waals surface area contributed by atoms with Gasteiger partial charge in [0.2, 0.25) is 0 Å². The number of carbonyl (C=O) groups is 1. The number of Topliss-reactive ketones (excluding diaryl/α,β-unsaturated/α-hetero) is 1. The van der Waals surface area contributed by atoms with Gasteiger partial charge >= 0.3 is 0 Å². The fourth-order valence-electron chi connectivity index (χ4n) is 1.74. The van der Waals surface area contributed by atoms with Gasteiger partial charge in [-0.15, -0.1) is 0 Å². The molecule has 0 radical (unpaired) electrons. The molecule has 2 rings (SSSR count). The van der Waals surface area contributed by atoms with Crippen LogP contribution in [0.2, 0.25) is 0 Å². The number of ketones is 1. The van der Waals surface area contributed by atoms with Crippen molar-refractivity contribution in [1.82, 2.24) is 0 Å². The molecule has 0 spiro atoms. The highest BCUT2D eigenvalue weighted by Crippen LogP contribution is 2.23. The predicted molar refractivity (Wildman–Crippen MR) is 76.8 cm³/mol. The van der Waals surface area contributed by atoms with E-state index >= 15 is 0 Å². The van der Waals surface area contributed by atoms with Gasteiger partial charge in [0.1, 0.15) is 0 Å². The van der Waals surface area contributed by atoms with Crippen molar-refractivity contribution in [3.63, 3.8) is 0 Å². The van der Waals surface area contributed by atoms with Crippen LogP contribution in [0.15, 0.2) is 55.1 Å². The molecule has 0 unspecified atom stereocenters. The lowest BCUT2D eigenvalue weighted by Gasteiger charge is -2.04. The Labute approximate surface area is 112 Å². The quantitative estimate of drug-likeness (QED) is 0.723. The maximum Gasteiger partial charge on any atom is 0.159 e. The lowest BCUT2D eigenvalue weighted by atomic mass is 10.0. The van der Waals surface area contributed by atoms with Crippen molar-refractivity contribution in [2.75, 3.05) is 0 Å². The zero-order chi connectivity index (χ0) is 13.1. The monoisotopic (exact) mass is 256 g/mol. The summed E-state index contributed by atoms with van der Waals surface area (Å²) in [6.07, 6.45) is 0. The molecule has 0 heterocycles. The summed E-state index contributed by atoms with van der Waals surface area (Å²) in [4.78, 5) is 11.2. The maximum atomic E-state index is 11.2. The summed E-state index contributed by atoms with van der Waals surface area (Å²) in [6, 6.07) is 15.4. The molecule has 0 bridgehead atoms. The van der Waals surface area contributed by atoms with E-state index in [1.54, 1.807) is 6.92 Å². The average molecular weight is 257 g/mol. The molecule has 0 saturated heterocycles. The summed E-state index contributed by atoms with van der Waals surface area (Å²) in [5.41, 5.74) is 3.81. The minimum atomic E-state index is 0.0790. The van der Waals surface area contributed by atoms with Crippen LogP contribution < -0.4 is 0 Å². The zero-order valence-electron chi connectivity index (χ0n) is 10.1. The highest BCUT2D eigenvalue weighted by molar-refractivity contribution is 6.48. The molecule has 90 valence electrons. The second-order valence-corrected chi connectivity index (χ2v) is 4.57. The van der Waals surface area contributed by atoms with Gasteiger partial charge in [-0.3, -0.25) is 4.79 Å². The lowest BCUT2D eigenvalue weighted by molar-refractivity contribution is 0.101. The SMILES string of the molecule is C=C(Cl)c1ccc(-c2ccc(C(C)=O)cc2)cc1. The van der Waals surface area contributed by atoms with Crippen LogP contribution in [0.1, 0.15) is 22.8 Å². The first-order valence-corrected chi connectivity index (χ1v) is 6.02. The first-order chi connectivity index (χ1) is 8.58. The minimum absolute atomic E-state index is 0.0790. The molecule has 1 nitrogen and oxygen atoms in total. The molecule has 0 amide bonds. The van der Waals surface area contributed by atoms with Gasteiger partial charge in [0.05, 0.1) is 0 Å². The highest BCUT2D eigenvalue weighted by atomic mass is 35.5. The fraction of sp³-hybridized carbons (Fsp3) is 0.0625. The molecule has 0 aromatic heterocycles. The van der Waals surface area contributed by atoms with E-state index in [-0.39, 0.29) is 5.78 Å². The van der Waals surface area contributed by atoms with Crippen molar-refractivity contribution < 1.29 is 4.79 Å². The summed E-state index contributed by atoms with van der Waals surface area (Å²) in [6.45, 7) is 5.25. The van der Waals surface area contributed by atoms with Gasteiger partial charge in [0, 0.05) is 10.6 Å². The smallest absolute Gasteiger partial charge is 0.159 e. The van der Waals surface area contributed by atoms with Crippen LogP contribution in [-0.4, -0.2) is 5.78 Å². The largest absolute Gasteiger partial charge is 0.295 e. The number of benzene rings is 2. The second-order valence-electron chi connectivity index (χ2n) is 4.12. The Morgan fingerprint density at radius 2 is 1.28 bits per heavy atom. The molecular weight excluding hydrogens is 244 g/mol. The first-order valence-electron chi connectivity index (χ1n) is 5.64. The van der Waals surface area contributed by atoms with E-state index in [0.717, 1.165) is 22.3 Å². The van der Waals surface area contributed by atoms with Crippen LogP contribution in [0.4, 0.5) is 0 Å². The Morgan fingerprint density at radius 1 is 0.889 bits per heavy atom. The van der Waals surface area contributed by atoms with Crippen molar-refractivity contribution in [3.05, 3.63) is 66.2 Å². The molecule has 0 fully saturated rings. The van der Waals surface area contributed by atoms with Crippen molar-refractivity contribution in [3.8, 4) is 11.1 Å². The molecule has 0 N–H and O–H groups in total. The summed E-state index contributed by atoms with van der Waals surface area (Å²) in [5, 5.41) is 0.536. The minimum Gasteiger partial charge on any atom is -0.295 e. The van der Waals surface area contributed by atoms with Crippen LogP contribution in [0.25, 0.3) is 16.2 Å². The van der Waals surface area contributed by atoms with E-state index in [1.807, 2.05) is 48.5 Å². The second kappa shape index (κ2) is 5.19. The van der Waals surface area contributed by atoms with Gasteiger partial charge < -0.3 is 0 Å². The number of hydrogen-bond acceptors (Lipinski definition) is 1. The third kappa shape index (κ3) is 2.69. The topological polar surface area (TPSA) is 17.1 Å². The van der Waals surface area contributed by atoms with Crippen LogP contribution in [0.5, 0.6) is 0 Å². The molecule has 0 aliphatic rings. The Bertz CT molecular complexity index is 524. The molecule has 2 aromatic carbocycles. The molecule has 0 aliphatic heterocycles. The van der Waals surface area contributed by atoms with Gasteiger partial charge in [0.15, 0.2) is 5.78 Å². The van der Waals surface area contributed by atoms with E-state index in [0.29, 0.717) is 5.03 Å². The maximum absolute atomic E-state index is 11.2. The Hall–Kier alpha value is -1.86. The van der Waals surface area contributed by atoms with Gasteiger partial charge in [-0.25, -0.2) is 0 Å². The number of halogens is 1. The van der Waals surface area contributed by atoms with E-state index in [4.69, 9.17) is 11.6 Å². The van der Waals surface area contributed by atoms with Crippen LogP contribution in [0, 0.1) is 0 Å². The third-order valence-corrected chi connectivity index (χ3v) is 3.04. The molecular formula is C16H13ClO. The molecule has 0 atom stereocenters. The van der Waals surface area contributed by atoms with Crippen LogP contribution >= 0.6 is 11.6 Å². The van der Waals surface area contributed by atoms with Crippen molar-refractivity contribution >= 4 is 22.4 Å². The van der Waals surface area contributed by atoms with Gasteiger partial charge in [-0.05, 0) is 23.6 Å². The number of hydrogen-bond donors (Lipinski definition) is 0. The fourth-order valence-corrected chi connectivity index (χ4v) is 1.87. The number of carbonyl (C=O) groups excluding carboxylic acids is 1. The van der Waals surface area contributed by atoms with E-state index in [9.17, 15) is 4.79 Å². The zero-order valence-corrected chi connectivity index (χ0v) is 10.9. The van der Waals surface area contributed by atoms with Crippen LogP contribution in [-0.2, 0) is 0 Å². The third-order valence-electron chi connectivity index (χ3n) is 2.82. The summed E-state index contributed by atoms with van der Waals surface area (Å²) < 4.78 is 0. The molecule has 2 aromatic rings. The summed E-state index contributed by atoms with van der Waals surface area (Å²) in [7, 11) is 0. The van der Waals surface area contributed by atoms with Gasteiger partial charge in [-0.1, -0.05) is 66.7 Å². The highest BCUT2D eigenvalue weighted by Gasteiger charge is 2.02. The van der Waals surface area contributed by atoms with E-state index in [1.165, 1.54) is 0 Å². The van der Waals surface area contributed by atoms with Crippen LogP contribution in [0.3, 0.4) is 0 Å². The van der Waals surface area contributed by atoms with Gasteiger partial charge in [-0.2, -0.15) is 0 Å².